The monoisotopic (exact) mass is 339 g/mol. The molecule has 1 aromatic carbocycles. The van der Waals surface area contributed by atoms with Gasteiger partial charge in [-0.2, -0.15) is 0 Å². The summed E-state index contributed by atoms with van der Waals surface area (Å²) in [4.78, 5) is 29.4. The first kappa shape index (κ1) is 15.9. The number of hydrogen-bond acceptors (Lipinski definition) is 4. The van der Waals surface area contributed by atoms with Crippen LogP contribution in [0.15, 0.2) is 41.1 Å². The highest BCUT2D eigenvalue weighted by atomic mass is 16.5. The summed E-state index contributed by atoms with van der Waals surface area (Å²) in [6.07, 6.45) is 2.08. The second-order valence-electron chi connectivity index (χ2n) is 7.10. The maximum Gasteiger partial charge on any atom is 0.259 e. The maximum absolute atomic E-state index is 13.0. The number of carbonyl (C=O) groups excluding carboxylic acids is 2. The Bertz CT molecular complexity index is 816. The zero-order valence-corrected chi connectivity index (χ0v) is 14.4. The highest BCUT2D eigenvalue weighted by Gasteiger charge is 2.57. The SMILES string of the molecule is Cc1nocc1C(=O)N1CC[C@@]2(C1)C(=O)N(C)C[C@H]2c1ccccc1. The first-order valence-electron chi connectivity index (χ1n) is 8.54. The number of benzene rings is 1. The number of likely N-dealkylation sites (tertiary alicyclic amines) is 2. The number of aryl methyl sites for hydroxylation is 1. The molecule has 0 bridgehead atoms. The predicted molar refractivity (Wildman–Crippen MR) is 91.0 cm³/mol. The number of rotatable bonds is 2. The Morgan fingerprint density at radius 2 is 2.08 bits per heavy atom. The van der Waals surface area contributed by atoms with Crippen molar-refractivity contribution in [3.63, 3.8) is 0 Å². The standard InChI is InChI=1S/C19H21N3O3/c1-13-15(11-25-20-13)17(23)22-9-8-19(12-22)16(10-21(2)18(19)24)14-6-4-3-5-7-14/h3-7,11,16H,8-10,12H2,1-2H3/t16-,19-/m0/s1. The molecule has 0 radical (unpaired) electrons. The van der Waals surface area contributed by atoms with E-state index < -0.39 is 5.41 Å². The summed E-state index contributed by atoms with van der Waals surface area (Å²) in [6.45, 7) is 3.46. The Morgan fingerprint density at radius 3 is 2.76 bits per heavy atom. The Balaban J connectivity index is 1.65. The van der Waals surface area contributed by atoms with Gasteiger partial charge in [-0.3, -0.25) is 9.59 Å². The topological polar surface area (TPSA) is 66.7 Å². The van der Waals surface area contributed by atoms with Crippen LogP contribution in [0.4, 0.5) is 0 Å². The van der Waals surface area contributed by atoms with Crippen molar-refractivity contribution in [2.75, 3.05) is 26.7 Å². The van der Waals surface area contributed by atoms with Crippen molar-refractivity contribution in [1.29, 1.82) is 0 Å². The summed E-state index contributed by atoms with van der Waals surface area (Å²) in [5, 5.41) is 3.79. The van der Waals surface area contributed by atoms with E-state index in [4.69, 9.17) is 4.52 Å². The minimum Gasteiger partial charge on any atom is -0.364 e. The fraction of sp³-hybridized carbons (Fsp3) is 0.421. The maximum atomic E-state index is 13.0. The van der Waals surface area contributed by atoms with Crippen LogP contribution in [-0.4, -0.2) is 53.5 Å². The summed E-state index contributed by atoms with van der Waals surface area (Å²) in [7, 11) is 1.85. The third-order valence-corrected chi connectivity index (χ3v) is 5.67. The van der Waals surface area contributed by atoms with Gasteiger partial charge in [-0.25, -0.2) is 0 Å². The zero-order chi connectivity index (χ0) is 17.6. The minimum atomic E-state index is -0.531. The fourth-order valence-corrected chi connectivity index (χ4v) is 4.30. The lowest BCUT2D eigenvalue weighted by Crippen LogP contribution is -2.39. The first-order chi connectivity index (χ1) is 12.0. The number of carbonyl (C=O) groups is 2. The van der Waals surface area contributed by atoms with Crippen molar-refractivity contribution in [2.24, 2.45) is 5.41 Å². The summed E-state index contributed by atoms with van der Waals surface area (Å²) in [5.41, 5.74) is 1.69. The van der Waals surface area contributed by atoms with Crippen molar-refractivity contribution < 1.29 is 14.1 Å². The molecule has 2 aliphatic heterocycles. The van der Waals surface area contributed by atoms with Crippen LogP contribution >= 0.6 is 0 Å². The van der Waals surface area contributed by atoms with Crippen molar-refractivity contribution in [1.82, 2.24) is 15.0 Å². The van der Waals surface area contributed by atoms with Gasteiger partial charge in [0.1, 0.15) is 11.8 Å². The van der Waals surface area contributed by atoms with E-state index in [9.17, 15) is 9.59 Å². The lowest BCUT2D eigenvalue weighted by Gasteiger charge is -2.28. The van der Waals surface area contributed by atoms with Gasteiger partial charge in [0.25, 0.3) is 5.91 Å². The molecule has 2 amide bonds. The van der Waals surface area contributed by atoms with Crippen LogP contribution in [0.2, 0.25) is 0 Å². The van der Waals surface area contributed by atoms with Gasteiger partial charge in [-0.15, -0.1) is 0 Å². The smallest absolute Gasteiger partial charge is 0.259 e. The molecule has 3 heterocycles. The number of amides is 2. The molecule has 6 heteroatoms. The Hall–Kier alpha value is -2.63. The third kappa shape index (κ3) is 2.35. The molecule has 2 saturated heterocycles. The van der Waals surface area contributed by atoms with E-state index in [1.807, 2.05) is 25.2 Å². The Morgan fingerprint density at radius 1 is 1.32 bits per heavy atom. The van der Waals surface area contributed by atoms with E-state index >= 15 is 0 Å². The molecule has 0 unspecified atom stereocenters. The van der Waals surface area contributed by atoms with E-state index in [0.717, 1.165) is 5.56 Å². The molecule has 0 N–H and O–H groups in total. The largest absolute Gasteiger partial charge is 0.364 e. The molecule has 6 nitrogen and oxygen atoms in total. The summed E-state index contributed by atoms with van der Waals surface area (Å²) < 4.78 is 4.90. The van der Waals surface area contributed by atoms with Gasteiger partial charge in [0, 0.05) is 32.6 Å². The van der Waals surface area contributed by atoms with Gasteiger partial charge in [0.2, 0.25) is 5.91 Å². The number of likely N-dealkylation sites (N-methyl/N-ethyl adjacent to an activating group) is 1. The minimum absolute atomic E-state index is 0.104. The first-order valence-corrected chi connectivity index (χ1v) is 8.54. The lowest BCUT2D eigenvalue weighted by molar-refractivity contribution is -0.134. The van der Waals surface area contributed by atoms with Crippen molar-refractivity contribution in [3.8, 4) is 0 Å². The summed E-state index contributed by atoms with van der Waals surface area (Å²) in [5.74, 6) is 0.135. The highest BCUT2D eigenvalue weighted by molar-refractivity contribution is 5.96. The molecule has 2 atom stereocenters. The van der Waals surface area contributed by atoms with E-state index in [2.05, 4.69) is 17.3 Å². The van der Waals surface area contributed by atoms with Crippen LogP contribution in [-0.2, 0) is 4.79 Å². The van der Waals surface area contributed by atoms with Crippen LogP contribution in [0.1, 0.15) is 34.0 Å². The molecule has 2 aliphatic rings. The normalized spacial score (nSPS) is 26.0. The van der Waals surface area contributed by atoms with Crippen molar-refractivity contribution in [3.05, 3.63) is 53.4 Å². The molecule has 4 rings (SSSR count). The van der Waals surface area contributed by atoms with E-state index in [0.29, 0.717) is 37.3 Å². The molecule has 1 aromatic heterocycles. The molecule has 0 aliphatic carbocycles. The van der Waals surface area contributed by atoms with Crippen molar-refractivity contribution in [2.45, 2.75) is 19.3 Å². The molecule has 1 spiro atoms. The third-order valence-electron chi connectivity index (χ3n) is 5.67. The molecule has 130 valence electrons. The van der Waals surface area contributed by atoms with Crippen molar-refractivity contribution >= 4 is 11.8 Å². The van der Waals surface area contributed by atoms with E-state index in [-0.39, 0.29) is 17.7 Å². The number of nitrogens with zero attached hydrogens (tertiary/aromatic N) is 3. The van der Waals surface area contributed by atoms with Crippen LogP contribution in [0, 0.1) is 12.3 Å². The van der Waals surface area contributed by atoms with E-state index in [1.165, 1.54) is 6.26 Å². The number of hydrogen-bond donors (Lipinski definition) is 0. The van der Waals surface area contributed by atoms with Gasteiger partial charge in [0.05, 0.1) is 11.1 Å². The second-order valence-corrected chi connectivity index (χ2v) is 7.10. The average molecular weight is 339 g/mol. The Labute approximate surface area is 146 Å². The van der Waals surface area contributed by atoms with Crippen LogP contribution in [0.25, 0.3) is 0 Å². The predicted octanol–water partition coefficient (Wildman–Crippen LogP) is 2.07. The van der Waals surface area contributed by atoms with Gasteiger partial charge < -0.3 is 14.3 Å². The molecule has 2 fully saturated rings. The highest BCUT2D eigenvalue weighted by Crippen LogP contribution is 2.49. The Kier molecular flexibility index (Phi) is 3.63. The molecule has 0 saturated carbocycles. The molecule has 25 heavy (non-hydrogen) atoms. The number of aromatic nitrogens is 1. The van der Waals surface area contributed by atoms with Gasteiger partial charge in [0.15, 0.2) is 0 Å². The van der Waals surface area contributed by atoms with Crippen LogP contribution in [0.3, 0.4) is 0 Å². The summed E-state index contributed by atoms with van der Waals surface area (Å²) in [6, 6.07) is 10.1. The zero-order valence-electron chi connectivity index (χ0n) is 14.4. The van der Waals surface area contributed by atoms with Gasteiger partial charge in [-0.1, -0.05) is 35.5 Å². The van der Waals surface area contributed by atoms with E-state index in [1.54, 1.807) is 16.7 Å². The van der Waals surface area contributed by atoms with Gasteiger partial charge in [-0.05, 0) is 18.9 Å². The van der Waals surface area contributed by atoms with Crippen LogP contribution in [0.5, 0.6) is 0 Å². The fourth-order valence-electron chi connectivity index (χ4n) is 4.30. The second kappa shape index (κ2) is 5.72. The average Bonchev–Trinajstić information content (AvgIpc) is 3.31. The van der Waals surface area contributed by atoms with Crippen LogP contribution < -0.4 is 0 Å². The lowest BCUT2D eigenvalue weighted by atomic mass is 9.73. The molecular formula is C19H21N3O3. The quantitative estimate of drug-likeness (QED) is 0.840. The van der Waals surface area contributed by atoms with Gasteiger partial charge >= 0.3 is 0 Å². The summed E-state index contributed by atoms with van der Waals surface area (Å²) >= 11 is 0. The molecule has 2 aromatic rings. The molecular weight excluding hydrogens is 318 g/mol.